The summed E-state index contributed by atoms with van der Waals surface area (Å²) in [5.74, 6) is 0.197. The van der Waals surface area contributed by atoms with E-state index in [0.717, 1.165) is 63.5 Å². The van der Waals surface area contributed by atoms with Crippen LogP contribution in [0.25, 0.3) is 10.8 Å². The first-order chi connectivity index (χ1) is 22.9. The van der Waals surface area contributed by atoms with Crippen molar-refractivity contribution in [1.82, 2.24) is 10.3 Å². The first-order valence-corrected chi connectivity index (χ1v) is 17.0. The van der Waals surface area contributed by atoms with Gasteiger partial charge in [-0.3, -0.25) is 0 Å². The minimum absolute atomic E-state index is 0.0249. The number of benzene rings is 2. The lowest BCUT2D eigenvalue weighted by atomic mass is 9.84. The van der Waals surface area contributed by atoms with Gasteiger partial charge in [0.1, 0.15) is 12.1 Å². The van der Waals surface area contributed by atoms with Crippen molar-refractivity contribution in [3.63, 3.8) is 0 Å². The zero-order chi connectivity index (χ0) is 33.4. The summed E-state index contributed by atoms with van der Waals surface area (Å²) in [4.78, 5) is 31.3. The summed E-state index contributed by atoms with van der Waals surface area (Å²) in [5, 5.41) is 37.8. The number of aliphatic carboxylic acids is 1. The van der Waals surface area contributed by atoms with Crippen LogP contribution in [0.5, 0.6) is 0 Å². The largest absolute Gasteiger partial charge is 0.478 e. The smallest absolute Gasteiger partial charge is 0.328 e. The number of anilines is 1. The maximum Gasteiger partial charge on any atom is 0.328 e. The molecule has 5 atom stereocenters. The number of unbranched alkanes of at least 4 members (excludes halogenated alkanes) is 3. The quantitative estimate of drug-likeness (QED) is 0.0453. The average molecular weight is 646 g/mol. The molecule has 0 aliphatic carbocycles. The van der Waals surface area contributed by atoms with Crippen molar-refractivity contribution < 1.29 is 24.9 Å². The Morgan fingerprint density at radius 3 is 2.43 bits per heavy atom. The van der Waals surface area contributed by atoms with Crippen molar-refractivity contribution in [2.24, 2.45) is 16.6 Å². The fraction of sp³-hybridized carbons (Fsp3) is 0.486. The summed E-state index contributed by atoms with van der Waals surface area (Å²) in [6.45, 7) is -0.0118. The fourth-order valence-corrected chi connectivity index (χ4v) is 6.72. The summed E-state index contributed by atoms with van der Waals surface area (Å²) in [7, 11) is 0. The molecule has 1 aromatic heterocycles. The molecule has 10 nitrogen and oxygen atoms in total. The molecule has 0 saturated carbocycles. The Morgan fingerprint density at radius 2 is 1.72 bits per heavy atom. The van der Waals surface area contributed by atoms with Crippen molar-refractivity contribution in [2.75, 3.05) is 18.5 Å². The molecule has 0 fully saturated rings. The number of aldehydes is 1. The van der Waals surface area contributed by atoms with Crippen LogP contribution in [-0.4, -0.2) is 69.9 Å². The summed E-state index contributed by atoms with van der Waals surface area (Å²) < 4.78 is 0. The lowest BCUT2D eigenvalue weighted by Crippen LogP contribution is -2.49. The van der Waals surface area contributed by atoms with Gasteiger partial charge in [0.25, 0.3) is 0 Å². The van der Waals surface area contributed by atoms with E-state index in [1.54, 1.807) is 0 Å². The molecule has 47 heavy (non-hydrogen) atoms. The molecule has 0 radical (unpaired) electrons. The van der Waals surface area contributed by atoms with Crippen LogP contribution in [0.1, 0.15) is 82.1 Å². The van der Waals surface area contributed by atoms with E-state index in [2.05, 4.69) is 57.0 Å². The summed E-state index contributed by atoms with van der Waals surface area (Å²) in [6, 6.07) is 17.7. The van der Waals surface area contributed by atoms with Crippen molar-refractivity contribution in [2.45, 2.75) is 94.7 Å². The number of aromatic amines is 1. The number of hydrogen-bond acceptors (Lipinski definition) is 8. The van der Waals surface area contributed by atoms with Gasteiger partial charge in [-0.05, 0) is 84.9 Å². The SMILES string of the molecule is NC1=N[C@H](/C(=C\C(=O)O)[C@H](CC[C@H](CCCCCC[C@H](C=O)CCCO)c2ccc3ccccc3c2)Nc2ccc[nH]2)C[C@H](CO)N1. The highest BCUT2D eigenvalue weighted by molar-refractivity contribution is 5.83. The lowest BCUT2D eigenvalue weighted by Gasteiger charge is -2.33. The molecular weight excluding hydrogens is 594 g/mol. The molecule has 0 spiro atoms. The van der Waals surface area contributed by atoms with Crippen LogP contribution in [0, 0.1) is 5.92 Å². The number of carbonyl (C=O) groups is 2. The van der Waals surface area contributed by atoms with Gasteiger partial charge < -0.3 is 41.5 Å². The number of rotatable bonds is 21. The Kier molecular flexibility index (Phi) is 14.3. The van der Waals surface area contributed by atoms with Gasteiger partial charge in [0.2, 0.25) is 0 Å². The highest BCUT2D eigenvalue weighted by atomic mass is 16.4. The molecule has 1 aliphatic rings. The third kappa shape index (κ3) is 11.3. The number of nitrogens with one attached hydrogen (secondary N) is 3. The highest BCUT2D eigenvalue weighted by Crippen LogP contribution is 2.33. The molecule has 3 aromatic rings. The molecule has 0 amide bonds. The number of aliphatic hydroxyl groups is 2. The van der Waals surface area contributed by atoms with Gasteiger partial charge in [-0.25, -0.2) is 9.79 Å². The maximum absolute atomic E-state index is 12.1. The Balaban J connectivity index is 1.52. The molecule has 1 aliphatic heterocycles. The van der Waals surface area contributed by atoms with Crippen molar-refractivity contribution in [3.8, 4) is 0 Å². The number of carbonyl (C=O) groups excluding carboxylic acids is 1. The number of aliphatic hydroxyl groups excluding tert-OH is 2. The minimum Gasteiger partial charge on any atom is -0.478 e. The second-order valence-electron chi connectivity index (χ2n) is 12.7. The minimum atomic E-state index is -1.05. The first-order valence-electron chi connectivity index (χ1n) is 17.0. The molecule has 8 N–H and O–H groups in total. The Morgan fingerprint density at radius 1 is 0.957 bits per heavy atom. The van der Waals surface area contributed by atoms with E-state index in [-0.39, 0.29) is 43.1 Å². The third-order valence-electron chi connectivity index (χ3n) is 9.23. The number of aromatic nitrogens is 1. The number of nitrogens with two attached hydrogens (primary N) is 1. The predicted octanol–water partition coefficient (Wildman–Crippen LogP) is 5.49. The van der Waals surface area contributed by atoms with E-state index < -0.39 is 12.0 Å². The van der Waals surface area contributed by atoms with Gasteiger partial charge in [-0.2, -0.15) is 0 Å². The van der Waals surface area contributed by atoms with E-state index in [9.17, 15) is 19.8 Å². The van der Waals surface area contributed by atoms with Gasteiger partial charge in [0.05, 0.1) is 24.7 Å². The van der Waals surface area contributed by atoms with E-state index in [1.807, 2.05) is 24.4 Å². The molecule has 2 heterocycles. The zero-order valence-electron chi connectivity index (χ0n) is 27.2. The average Bonchev–Trinajstić information content (AvgIpc) is 3.60. The van der Waals surface area contributed by atoms with Crippen LogP contribution in [0.2, 0.25) is 0 Å². The van der Waals surface area contributed by atoms with Gasteiger partial charge in [-0.15, -0.1) is 0 Å². The topological polar surface area (TPSA) is 173 Å². The molecule has 254 valence electrons. The molecule has 4 rings (SSSR count). The summed E-state index contributed by atoms with van der Waals surface area (Å²) in [5.41, 5.74) is 7.96. The Bertz CT molecular complexity index is 1460. The number of hydrogen-bond donors (Lipinski definition) is 7. The fourth-order valence-electron chi connectivity index (χ4n) is 6.72. The molecule has 10 heteroatoms. The molecule has 0 saturated heterocycles. The monoisotopic (exact) mass is 645 g/mol. The van der Waals surface area contributed by atoms with Crippen molar-refractivity contribution in [3.05, 3.63) is 78.0 Å². The van der Waals surface area contributed by atoms with Crippen molar-refractivity contribution >= 4 is 34.8 Å². The second kappa shape index (κ2) is 18.9. The van der Waals surface area contributed by atoms with Crippen LogP contribution in [-0.2, 0) is 9.59 Å². The van der Waals surface area contributed by atoms with Crippen LogP contribution >= 0.6 is 0 Å². The third-order valence-corrected chi connectivity index (χ3v) is 9.23. The van der Waals surface area contributed by atoms with Gasteiger partial charge >= 0.3 is 5.97 Å². The number of carboxylic acid groups (broad SMARTS) is 1. The van der Waals surface area contributed by atoms with Crippen LogP contribution < -0.4 is 16.4 Å². The van der Waals surface area contributed by atoms with Crippen LogP contribution in [0.4, 0.5) is 5.82 Å². The van der Waals surface area contributed by atoms with E-state index >= 15 is 0 Å². The lowest BCUT2D eigenvalue weighted by molar-refractivity contribution is -0.131. The predicted molar refractivity (Wildman–Crippen MR) is 187 cm³/mol. The number of fused-ring (bicyclic) bond motifs is 1. The van der Waals surface area contributed by atoms with Crippen LogP contribution in [0.15, 0.2) is 77.4 Å². The van der Waals surface area contributed by atoms with Crippen molar-refractivity contribution in [1.29, 1.82) is 0 Å². The maximum atomic E-state index is 12.1. The number of carboxylic acids is 1. The molecular formula is C37H51N5O5. The van der Waals surface area contributed by atoms with Gasteiger partial charge in [-0.1, -0.05) is 68.1 Å². The molecule has 0 unspecified atom stereocenters. The number of H-pyrrole nitrogens is 1. The Hall–Kier alpha value is -4.15. The van der Waals surface area contributed by atoms with Gasteiger partial charge in [0.15, 0.2) is 5.96 Å². The summed E-state index contributed by atoms with van der Waals surface area (Å²) in [6.07, 6.45) is 13.4. The zero-order valence-corrected chi connectivity index (χ0v) is 27.2. The number of guanidine groups is 1. The number of nitrogens with zero attached hydrogens (tertiary/aromatic N) is 1. The second-order valence-corrected chi connectivity index (χ2v) is 12.7. The van der Waals surface area contributed by atoms with E-state index in [0.29, 0.717) is 24.8 Å². The Labute approximate surface area is 277 Å². The van der Waals surface area contributed by atoms with Crippen LogP contribution in [0.3, 0.4) is 0 Å². The first kappa shape index (κ1) is 35.7. The molecule has 2 aromatic carbocycles. The normalized spacial score (nSPS) is 18.6. The van der Waals surface area contributed by atoms with E-state index in [1.165, 1.54) is 22.4 Å². The standard InChI is InChI=1S/C37H51N5O5/c38-37-40-31(25-45)22-34(42-37)32(23-36(46)47)33(41-35-14-7-19-39-35)18-17-28(30-16-15-27-12-5-6-13-29(27)21-30)11-4-2-1-3-9-26(24-44)10-8-20-43/h5-7,12-16,19,21,23-24,26,28,31,33-34,39,41,43,45H,1-4,8-11,17-18,20,22,25H2,(H,46,47)(H3,38,40,42)/b32-23-/t26-,28-,31+,33-,34-/m0/s1. The molecule has 0 bridgehead atoms. The summed E-state index contributed by atoms with van der Waals surface area (Å²) >= 11 is 0. The highest BCUT2D eigenvalue weighted by Gasteiger charge is 2.30. The number of aliphatic imine (C=N–C) groups is 1. The van der Waals surface area contributed by atoms with E-state index in [4.69, 9.17) is 10.8 Å². The van der Waals surface area contributed by atoms with Gasteiger partial charge in [0, 0.05) is 24.8 Å².